The Hall–Kier alpha value is -1.54. The second kappa shape index (κ2) is 6.07. The van der Waals surface area contributed by atoms with E-state index in [1.807, 2.05) is 24.3 Å². The molecule has 0 radical (unpaired) electrons. The minimum absolute atomic E-state index is 0.0876. The Morgan fingerprint density at radius 2 is 2.21 bits per heavy atom. The number of rotatable bonds is 4. The Labute approximate surface area is 122 Å². The fourth-order valence-electron chi connectivity index (χ4n) is 1.40. The van der Waals surface area contributed by atoms with Crippen molar-refractivity contribution < 1.29 is 4.79 Å². The van der Waals surface area contributed by atoms with Gasteiger partial charge in [-0.1, -0.05) is 39.8 Å². The summed E-state index contributed by atoms with van der Waals surface area (Å²) in [5.41, 5.74) is 0.851. The number of benzene rings is 1. The van der Waals surface area contributed by atoms with E-state index in [4.69, 9.17) is 5.84 Å². The summed E-state index contributed by atoms with van der Waals surface area (Å²) in [4.78, 5) is 11.2. The van der Waals surface area contributed by atoms with E-state index in [2.05, 4.69) is 31.4 Å². The van der Waals surface area contributed by atoms with Crippen LogP contribution in [0.25, 0.3) is 11.4 Å². The number of nitrogens with one attached hydrogen (secondary N) is 1. The van der Waals surface area contributed by atoms with Gasteiger partial charge < -0.3 is 11.2 Å². The molecule has 0 atom stereocenters. The van der Waals surface area contributed by atoms with E-state index in [1.165, 1.54) is 16.4 Å². The first-order chi connectivity index (χ1) is 9.13. The van der Waals surface area contributed by atoms with Gasteiger partial charge in [-0.15, -0.1) is 10.2 Å². The molecular formula is C11H12BrN5OS. The zero-order valence-corrected chi connectivity index (χ0v) is 12.5. The Morgan fingerprint density at radius 3 is 2.89 bits per heavy atom. The molecule has 1 heterocycles. The van der Waals surface area contributed by atoms with Gasteiger partial charge in [-0.05, 0) is 12.1 Å². The molecule has 0 aliphatic rings. The predicted molar refractivity (Wildman–Crippen MR) is 78.1 cm³/mol. The Bertz CT molecular complexity index is 601. The van der Waals surface area contributed by atoms with Crippen molar-refractivity contribution in [1.82, 2.24) is 20.2 Å². The minimum atomic E-state index is -0.0876. The third-order valence-electron chi connectivity index (χ3n) is 2.39. The first kappa shape index (κ1) is 13.9. The molecule has 1 aromatic carbocycles. The molecule has 1 aromatic heterocycles. The van der Waals surface area contributed by atoms with Gasteiger partial charge in [-0.3, -0.25) is 4.79 Å². The normalized spacial score (nSPS) is 10.4. The monoisotopic (exact) mass is 341 g/mol. The number of hydrogen-bond acceptors (Lipinski definition) is 5. The van der Waals surface area contributed by atoms with E-state index in [0.29, 0.717) is 11.0 Å². The summed E-state index contributed by atoms with van der Waals surface area (Å²) in [6, 6.07) is 7.60. The third kappa shape index (κ3) is 3.07. The zero-order valence-electron chi connectivity index (χ0n) is 10.1. The molecule has 0 aliphatic heterocycles. The molecule has 6 nitrogen and oxygen atoms in total. The second-order valence-corrected chi connectivity index (χ2v) is 5.41. The van der Waals surface area contributed by atoms with E-state index in [1.54, 1.807) is 7.05 Å². The van der Waals surface area contributed by atoms with Gasteiger partial charge in [0.2, 0.25) is 11.1 Å². The predicted octanol–water partition coefficient (Wildman–Crippen LogP) is 1.26. The number of aromatic nitrogens is 3. The highest BCUT2D eigenvalue weighted by molar-refractivity contribution is 9.10. The van der Waals surface area contributed by atoms with Crippen LogP contribution >= 0.6 is 27.7 Å². The SMILES string of the molecule is CNC(=O)CSc1nnc(-c2ccccc2Br)n1N. The van der Waals surface area contributed by atoms with Crippen LogP contribution in [0.15, 0.2) is 33.9 Å². The van der Waals surface area contributed by atoms with Gasteiger partial charge in [0.25, 0.3) is 0 Å². The molecule has 2 aromatic rings. The maximum atomic E-state index is 11.2. The highest BCUT2D eigenvalue weighted by Crippen LogP contribution is 2.27. The molecule has 8 heteroatoms. The summed E-state index contributed by atoms with van der Waals surface area (Å²) in [7, 11) is 1.59. The zero-order chi connectivity index (χ0) is 13.8. The van der Waals surface area contributed by atoms with Crippen molar-refractivity contribution in [2.24, 2.45) is 0 Å². The fraction of sp³-hybridized carbons (Fsp3) is 0.182. The van der Waals surface area contributed by atoms with Crippen LogP contribution < -0.4 is 11.2 Å². The first-order valence-electron chi connectivity index (χ1n) is 5.42. The van der Waals surface area contributed by atoms with Crippen LogP contribution in [0.2, 0.25) is 0 Å². The average Bonchev–Trinajstić information content (AvgIpc) is 2.78. The van der Waals surface area contributed by atoms with Crippen molar-refractivity contribution in [3.63, 3.8) is 0 Å². The maximum absolute atomic E-state index is 11.2. The maximum Gasteiger partial charge on any atom is 0.230 e. The van der Waals surface area contributed by atoms with Gasteiger partial charge in [0.05, 0.1) is 5.75 Å². The van der Waals surface area contributed by atoms with Crippen LogP contribution in [-0.2, 0) is 4.79 Å². The van der Waals surface area contributed by atoms with Crippen molar-refractivity contribution in [1.29, 1.82) is 0 Å². The summed E-state index contributed by atoms with van der Waals surface area (Å²) >= 11 is 4.68. The number of nitrogens with zero attached hydrogens (tertiary/aromatic N) is 3. The molecule has 0 aliphatic carbocycles. The van der Waals surface area contributed by atoms with Gasteiger partial charge in [0.1, 0.15) is 0 Å². The van der Waals surface area contributed by atoms with E-state index in [9.17, 15) is 4.79 Å². The average molecular weight is 342 g/mol. The van der Waals surface area contributed by atoms with Crippen molar-refractivity contribution in [3.8, 4) is 11.4 Å². The summed E-state index contributed by atoms with van der Waals surface area (Å²) in [5.74, 6) is 6.66. The van der Waals surface area contributed by atoms with Crippen LogP contribution in [0, 0.1) is 0 Å². The molecule has 3 N–H and O–H groups in total. The highest BCUT2D eigenvalue weighted by atomic mass is 79.9. The number of thioether (sulfide) groups is 1. The smallest absolute Gasteiger partial charge is 0.230 e. The van der Waals surface area contributed by atoms with E-state index >= 15 is 0 Å². The number of hydrogen-bond donors (Lipinski definition) is 2. The molecule has 0 bridgehead atoms. The highest BCUT2D eigenvalue weighted by Gasteiger charge is 2.14. The molecule has 2 rings (SSSR count). The van der Waals surface area contributed by atoms with Crippen LogP contribution in [0.5, 0.6) is 0 Å². The molecule has 0 fully saturated rings. The van der Waals surface area contributed by atoms with Gasteiger partial charge in [0, 0.05) is 17.1 Å². The van der Waals surface area contributed by atoms with Crippen LogP contribution in [0.4, 0.5) is 0 Å². The third-order valence-corrected chi connectivity index (χ3v) is 4.03. The van der Waals surface area contributed by atoms with Gasteiger partial charge in [-0.2, -0.15) is 0 Å². The molecule has 0 saturated heterocycles. The van der Waals surface area contributed by atoms with Gasteiger partial charge in [-0.25, -0.2) is 4.68 Å². The van der Waals surface area contributed by atoms with Crippen molar-refractivity contribution in [2.45, 2.75) is 5.16 Å². The number of amides is 1. The van der Waals surface area contributed by atoms with Crippen LogP contribution in [0.1, 0.15) is 0 Å². The van der Waals surface area contributed by atoms with Gasteiger partial charge in [0.15, 0.2) is 5.82 Å². The summed E-state index contributed by atoms with van der Waals surface area (Å²) in [5, 5.41) is 11.1. The minimum Gasteiger partial charge on any atom is -0.358 e. The standard InChI is InChI=1S/C11H12BrN5OS/c1-14-9(18)6-19-11-16-15-10(17(11)13)7-4-2-3-5-8(7)12/h2-5H,6,13H2,1H3,(H,14,18). The lowest BCUT2D eigenvalue weighted by Gasteiger charge is -2.04. The number of nitrogen functional groups attached to an aromatic ring is 1. The fourth-order valence-corrected chi connectivity index (χ4v) is 2.59. The van der Waals surface area contributed by atoms with E-state index in [-0.39, 0.29) is 11.7 Å². The number of carbonyl (C=O) groups is 1. The lowest BCUT2D eigenvalue weighted by molar-refractivity contribution is -0.118. The van der Waals surface area contributed by atoms with Crippen LogP contribution in [0.3, 0.4) is 0 Å². The molecule has 100 valence electrons. The Morgan fingerprint density at radius 1 is 1.47 bits per heavy atom. The van der Waals surface area contributed by atoms with E-state index in [0.717, 1.165) is 10.0 Å². The molecule has 0 spiro atoms. The lowest BCUT2D eigenvalue weighted by atomic mass is 10.2. The number of carbonyl (C=O) groups excluding carboxylic acids is 1. The molecule has 0 unspecified atom stereocenters. The summed E-state index contributed by atoms with van der Waals surface area (Å²) in [6.45, 7) is 0. The molecule has 0 saturated carbocycles. The molecular weight excluding hydrogens is 330 g/mol. The number of nitrogens with two attached hydrogens (primary N) is 1. The van der Waals surface area contributed by atoms with Crippen molar-refractivity contribution >= 4 is 33.6 Å². The van der Waals surface area contributed by atoms with Crippen molar-refractivity contribution in [3.05, 3.63) is 28.7 Å². The Balaban J connectivity index is 2.24. The number of halogens is 1. The van der Waals surface area contributed by atoms with Crippen molar-refractivity contribution in [2.75, 3.05) is 18.6 Å². The Kier molecular flexibility index (Phi) is 4.43. The lowest BCUT2D eigenvalue weighted by Crippen LogP contribution is -2.20. The topological polar surface area (TPSA) is 85.8 Å². The van der Waals surface area contributed by atoms with Gasteiger partial charge >= 0.3 is 0 Å². The van der Waals surface area contributed by atoms with Crippen LogP contribution in [-0.4, -0.2) is 33.6 Å². The summed E-state index contributed by atoms with van der Waals surface area (Å²) < 4.78 is 2.27. The quantitative estimate of drug-likeness (QED) is 0.645. The first-order valence-corrected chi connectivity index (χ1v) is 7.20. The van der Waals surface area contributed by atoms with E-state index < -0.39 is 0 Å². The largest absolute Gasteiger partial charge is 0.358 e. The molecule has 19 heavy (non-hydrogen) atoms. The summed E-state index contributed by atoms with van der Waals surface area (Å²) in [6.07, 6.45) is 0. The molecule has 1 amide bonds. The second-order valence-electron chi connectivity index (χ2n) is 3.62.